The molecule has 8 nitrogen and oxygen atoms in total. The molecule has 2 aromatic heterocycles. The number of nitrogens with zero attached hydrogens (tertiary/aromatic N) is 4. The number of nitrogens with one attached hydrogen (secondary N) is 2. The first-order valence-electron chi connectivity index (χ1n) is 8.11. The number of hydrogen-bond acceptors (Lipinski definition) is 5. The Balaban J connectivity index is 1.62. The van der Waals surface area contributed by atoms with Crippen LogP contribution in [0.4, 0.5) is 11.6 Å². The van der Waals surface area contributed by atoms with Crippen LogP contribution in [0.15, 0.2) is 41.3 Å². The number of hydrogen-bond donors (Lipinski definition) is 2. The molecule has 2 N–H and O–H groups in total. The Morgan fingerprint density at radius 2 is 2.00 bits per heavy atom. The van der Waals surface area contributed by atoms with Crippen LogP contribution >= 0.6 is 0 Å². The number of fused-ring (bicyclic) bond motifs is 1. The van der Waals surface area contributed by atoms with Crippen molar-refractivity contribution in [1.29, 1.82) is 0 Å². The molecule has 0 bridgehead atoms. The van der Waals surface area contributed by atoms with Crippen molar-refractivity contribution in [3.63, 3.8) is 0 Å². The molecule has 3 heterocycles. The van der Waals surface area contributed by atoms with Crippen LogP contribution in [-0.4, -0.2) is 37.7 Å². The summed E-state index contributed by atoms with van der Waals surface area (Å²) in [4.78, 5) is 33.8. The zero-order valence-electron chi connectivity index (χ0n) is 13.9. The molecule has 2 atom stereocenters. The second-order valence-corrected chi connectivity index (χ2v) is 6.25. The van der Waals surface area contributed by atoms with Crippen LogP contribution in [0.25, 0.3) is 11.0 Å². The normalized spacial score (nSPS) is 20.4. The van der Waals surface area contributed by atoms with E-state index in [1.54, 1.807) is 11.9 Å². The zero-order chi connectivity index (χ0) is 17.6. The summed E-state index contributed by atoms with van der Waals surface area (Å²) in [6, 6.07) is 9.18. The fraction of sp³-hybridized carbons (Fsp3) is 0.294. The highest BCUT2D eigenvalue weighted by molar-refractivity contribution is 6.01. The van der Waals surface area contributed by atoms with Crippen molar-refractivity contribution in [2.75, 3.05) is 10.2 Å². The van der Waals surface area contributed by atoms with Crippen LogP contribution in [0.2, 0.25) is 0 Å². The van der Waals surface area contributed by atoms with Gasteiger partial charge >= 0.3 is 0 Å². The Labute approximate surface area is 143 Å². The number of rotatable bonds is 3. The Morgan fingerprint density at radius 1 is 1.24 bits per heavy atom. The van der Waals surface area contributed by atoms with Crippen LogP contribution in [-0.2, 0) is 11.8 Å². The third-order valence-electron chi connectivity index (χ3n) is 4.50. The van der Waals surface area contributed by atoms with Gasteiger partial charge in [-0.3, -0.25) is 19.3 Å². The summed E-state index contributed by atoms with van der Waals surface area (Å²) in [5.41, 5.74) is 1.07. The van der Waals surface area contributed by atoms with E-state index in [2.05, 4.69) is 20.4 Å². The molecule has 1 aliphatic rings. The number of aryl methyl sites for hydroxylation is 1. The molecular formula is C17H18N6O2. The van der Waals surface area contributed by atoms with Crippen LogP contribution < -0.4 is 15.8 Å². The number of carbonyl (C=O) groups is 1. The van der Waals surface area contributed by atoms with Gasteiger partial charge in [-0.2, -0.15) is 10.1 Å². The lowest BCUT2D eigenvalue weighted by Crippen LogP contribution is -2.36. The highest BCUT2D eigenvalue weighted by Gasteiger charge is 2.38. The first-order valence-corrected chi connectivity index (χ1v) is 8.11. The maximum atomic E-state index is 12.8. The summed E-state index contributed by atoms with van der Waals surface area (Å²) in [6.45, 7) is 2.01. The van der Waals surface area contributed by atoms with Gasteiger partial charge < -0.3 is 10.2 Å². The van der Waals surface area contributed by atoms with Gasteiger partial charge in [0.05, 0.1) is 6.20 Å². The van der Waals surface area contributed by atoms with E-state index in [1.807, 2.05) is 37.3 Å². The number of para-hydroxylation sites is 1. The molecule has 1 fully saturated rings. The Morgan fingerprint density at radius 3 is 2.76 bits per heavy atom. The van der Waals surface area contributed by atoms with Crippen LogP contribution in [0, 0.1) is 0 Å². The summed E-state index contributed by atoms with van der Waals surface area (Å²) in [6.07, 6.45) is 2.10. The van der Waals surface area contributed by atoms with E-state index in [9.17, 15) is 9.59 Å². The van der Waals surface area contributed by atoms with E-state index in [0.29, 0.717) is 17.5 Å². The van der Waals surface area contributed by atoms with E-state index >= 15 is 0 Å². The molecule has 1 aromatic carbocycles. The Hall–Kier alpha value is -3.16. The van der Waals surface area contributed by atoms with Crippen LogP contribution in [0.3, 0.4) is 0 Å². The smallest absolute Gasteiger partial charge is 0.263 e. The summed E-state index contributed by atoms with van der Waals surface area (Å²) in [5.74, 6) is 0.244. The predicted octanol–water partition coefficient (Wildman–Crippen LogP) is 1.26. The summed E-state index contributed by atoms with van der Waals surface area (Å²) >= 11 is 0. The minimum absolute atomic E-state index is 0.0357. The average Bonchev–Trinajstić information content (AvgIpc) is 3.09. The quantitative estimate of drug-likeness (QED) is 0.749. The van der Waals surface area contributed by atoms with Gasteiger partial charge in [-0.05, 0) is 25.5 Å². The third-order valence-corrected chi connectivity index (χ3v) is 4.50. The van der Waals surface area contributed by atoms with E-state index in [1.165, 1.54) is 10.9 Å². The fourth-order valence-electron chi connectivity index (χ4n) is 3.29. The maximum Gasteiger partial charge on any atom is 0.263 e. The SMILES string of the molecule is C[C@@H]1C[C@H](Nc2nc3c(cnn3C)c(=O)[nH]2)C(=O)N1c1ccccc1. The van der Waals surface area contributed by atoms with Gasteiger partial charge in [-0.25, -0.2) is 0 Å². The number of aromatic nitrogens is 4. The van der Waals surface area contributed by atoms with Gasteiger partial charge in [0, 0.05) is 18.8 Å². The molecule has 1 aliphatic heterocycles. The number of aromatic amines is 1. The highest BCUT2D eigenvalue weighted by atomic mass is 16.2. The first kappa shape index (κ1) is 15.4. The van der Waals surface area contributed by atoms with Gasteiger partial charge in [-0.1, -0.05) is 18.2 Å². The molecule has 4 rings (SSSR count). The molecule has 128 valence electrons. The average molecular weight is 338 g/mol. The predicted molar refractivity (Wildman–Crippen MR) is 94.5 cm³/mol. The van der Waals surface area contributed by atoms with Crippen molar-refractivity contribution in [2.45, 2.75) is 25.4 Å². The largest absolute Gasteiger partial charge is 0.344 e. The lowest BCUT2D eigenvalue weighted by atomic mass is 10.2. The van der Waals surface area contributed by atoms with Crippen molar-refractivity contribution in [1.82, 2.24) is 19.7 Å². The summed E-state index contributed by atoms with van der Waals surface area (Å²) in [7, 11) is 1.72. The summed E-state index contributed by atoms with van der Waals surface area (Å²) in [5, 5.41) is 7.53. The number of amides is 1. The van der Waals surface area contributed by atoms with E-state index in [0.717, 1.165) is 5.69 Å². The van der Waals surface area contributed by atoms with Gasteiger partial charge in [-0.15, -0.1) is 0 Å². The van der Waals surface area contributed by atoms with E-state index in [4.69, 9.17) is 0 Å². The molecule has 0 aliphatic carbocycles. The maximum absolute atomic E-state index is 12.8. The monoisotopic (exact) mass is 338 g/mol. The number of benzene rings is 1. The molecule has 25 heavy (non-hydrogen) atoms. The molecule has 0 unspecified atom stereocenters. The molecule has 0 saturated carbocycles. The van der Waals surface area contributed by atoms with Crippen molar-refractivity contribution in [3.05, 3.63) is 46.9 Å². The summed E-state index contributed by atoms with van der Waals surface area (Å²) < 4.78 is 1.53. The molecular weight excluding hydrogens is 320 g/mol. The van der Waals surface area contributed by atoms with Gasteiger partial charge in [0.1, 0.15) is 11.4 Å². The Kier molecular flexibility index (Phi) is 3.52. The minimum Gasteiger partial charge on any atom is -0.344 e. The van der Waals surface area contributed by atoms with Crippen molar-refractivity contribution in [2.24, 2.45) is 7.05 Å². The molecule has 0 radical (unpaired) electrons. The van der Waals surface area contributed by atoms with Gasteiger partial charge in [0.2, 0.25) is 11.9 Å². The number of carbonyl (C=O) groups excluding carboxylic acids is 1. The topological polar surface area (TPSA) is 95.9 Å². The zero-order valence-corrected chi connectivity index (χ0v) is 13.9. The second kappa shape index (κ2) is 5.73. The van der Waals surface area contributed by atoms with Crippen molar-refractivity contribution < 1.29 is 4.79 Å². The van der Waals surface area contributed by atoms with Gasteiger partial charge in [0.25, 0.3) is 5.56 Å². The lowest BCUT2D eigenvalue weighted by Gasteiger charge is -2.21. The molecule has 1 saturated heterocycles. The third kappa shape index (κ3) is 2.55. The van der Waals surface area contributed by atoms with E-state index in [-0.39, 0.29) is 23.5 Å². The lowest BCUT2D eigenvalue weighted by molar-refractivity contribution is -0.117. The minimum atomic E-state index is -0.441. The van der Waals surface area contributed by atoms with Crippen molar-refractivity contribution >= 4 is 28.6 Å². The van der Waals surface area contributed by atoms with Crippen molar-refractivity contribution in [3.8, 4) is 0 Å². The first-order chi connectivity index (χ1) is 12.0. The van der Waals surface area contributed by atoms with Crippen LogP contribution in [0.1, 0.15) is 13.3 Å². The second-order valence-electron chi connectivity index (χ2n) is 6.25. The van der Waals surface area contributed by atoms with Gasteiger partial charge in [0.15, 0.2) is 5.65 Å². The highest BCUT2D eigenvalue weighted by Crippen LogP contribution is 2.27. The standard InChI is InChI=1S/C17H18N6O2/c1-10-8-13(16(25)23(10)11-6-4-3-5-7-11)19-17-20-14-12(15(24)21-17)9-18-22(14)2/h3-7,9-10,13H,8H2,1-2H3,(H2,19,20,21,24)/t10-,13+/m1/s1. The Bertz CT molecular complexity index is 993. The van der Waals surface area contributed by atoms with Crippen LogP contribution in [0.5, 0.6) is 0 Å². The fourth-order valence-corrected chi connectivity index (χ4v) is 3.29. The molecule has 3 aromatic rings. The molecule has 0 spiro atoms. The van der Waals surface area contributed by atoms with E-state index < -0.39 is 6.04 Å². The number of H-pyrrole nitrogens is 1. The number of anilines is 2. The molecule has 1 amide bonds. The molecule has 8 heteroatoms.